The topological polar surface area (TPSA) is 55.8 Å². The minimum atomic E-state index is -1.04. The van der Waals surface area contributed by atoms with Crippen molar-refractivity contribution in [3.8, 4) is 11.5 Å². The van der Waals surface area contributed by atoms with Gasteiger partial charge in [-0.3, -0.25) is 0 Å². The summed E-state index contributed by atoms with van der Waals surface area (Å²) in [4.78, 5) is 11.6. The molecule has 0 aliphatic heterocycles. The third-order valence-electron chi connectivity index (χ3n) is 4.35. The molecular formula is C25H23ClO4S. The van der Waals surface area contributed by atoms with Crippen LogP contribution < -0.4 is 9.47 Å². The van der Waals surface area contributed by atoms with E-state index >= 15 is 0 Å². The molecule has 6 heteroatoms. The first-order valence-corrected chi connectivity index (χ1v) is 11.2. The number of halogens is 1. The van der Waals surface area contributed by atoms with Gasteiger partial charge in [0.25, 0.3) is 0 Å². The van der Waals surface area contributed by atoms with E-state index < -0.39 is 12.6 Å². The van der Waals surface area contributed by atoms with E-state index in [0.29, 0.717) is 17.4 Å². The molecule has 0 aromatic heterocycles. The lowest BCUT2D eigenvalue weighted by molar-refractivity contribution is -0.139. The third kappa shape index (κ3) is 6.81. The fourth-order valence-electron chi connectivity index (χ4n) is 2.97. The first-order chi connectivity index (χ1) is 15.1. The van der Waals surface area contributed by atoms with Crippen molar-refractivity contribution in [1.29, 1.82) is 0 Å². The molecule has 0 amide bonds. The molecule has 0 aliphatic carbocycles. The van der Waals surface area contributed by atoms with Crippen molar-refractivity contribution in [3.63, 3.8) is 0 Å². The Kier molecular flexibility index (Phi) is 8.44. The highest BCUT2D eigenvalue weighted by atomic mass is 35.5. The van der Waals surface area contributed by atoms with Gasteiger partial charge in [-0.15, -0.1) is 11.8 Å². The quantitative estimate of drug-likeness (QED) is 0.358. The summed E-state index contributed by atoms with van der Waals surface area (Å²) >= 11 is 7.87. The minimum absolute atomic E-state index is 0.364. The van der Waals surface area contributed by atoms with Crippen molar-refractivity contribution >= 4 is 34.9 Å². The molecule has 3 aromatic carbocycles. The zero-order valence-electron chi connectivity index (χ0n) is 17.1. The lowest BCUT2D eigenvalue weighted by atomic mass is 9.98. The Hall–Kier alpha value is -2.89. The highest BCUT2D eigenvalue weighted by Crippen LogP contribution is 2.31. The SMILES string of the molecule is CCOc1ccc(/C(=C\CSc2ccc(OCC(=O)O)c(Cl)c2)c2ccccc2)cc1. The van der Waals surface area contributed by atoms with Gasteiger partial charge in [0.05, 0.1) is 11.6 Å². The molecule has 0 saturated heterocycles. The molecule has 0 unspecified atom stereocenters. The largest absolute Gasteiger partial charge is 0.494 e. The summed E-state index contributed by atoms with van der Waals surface area (Å²) in [6.45, 7) is 2.19. The number of ether oxygens (including phenoxy) is 2. The maximum atomic E-state index is 10.7. The second-order valence-corrected chi connectivity index (χ2v) is 8.03. The Morgan fingerprint density at radius 3 is 2.35 bits per heavy atom. The number of hydrogen-bond donors (Lipinski definition) is 1. The Balaban J connectivity index is 1.75. The molecule has 0 atom stereocenters. The summed E-state index contributed by atoms with van der Waals surface area (Å²) in [7, 11) is 0. The van der Waals surface area contributed by atoms with E-state index in [0.717, 1.165) is 33.1 Å². The van der Waals surface area contributed by atoms with Gasteiger partial charge in [0.15, 0.2) is 6.61 Å². The smallest absolute Gasteiger partial charge is 0.341 e. The monoisotopic (exact) mass is 454 g/mol. The second kappa shape index (κ2) is 11.5. The van der Waals surface area contributed by atoms with Gasteiger partial charge in [-0.25, -0.2) is 4.79 Å². The van der Waals surface area contributed by atoms with Crippen LogP contribution in [-0.2, 0) is 4.79 Å². The normalized spacial score (nSPS) is 11.2. The summed E-state index contributed by atoms with van der Waals surface area (Å²) in [5, 5.41) is 9.13. The number of rotatable bonds is 10. The molecule has 1 N–H and O–H groups in total. The van der Waals surface area contributed by atoms with E-state index in [2.05, 4.69) is 30.3 Å². The van der Waals surface area contributed by atoms with E-state index in [-0.39, 0.29) is 0 Å². The van der Waals surface area contributed by atoms with Crippen LogP contribution in [0.3, 0.4) is 0 Å². The maximum Gasteiger partial charge on any atom is 0.341 e. The first-order valence-electron chi connectivity index (χ1n) is 9.82. The molecule has 0 heterocycles. The zero-order chi connectivity index (χ0) is 22.1. The second-order valence-electron chi connectivity index (χ2n) is 6.53. The fourth-order valence-corrected chi connectivity index (χ4v) is 4.07. The van der Waals surface area contributed by atoms with Crippen molar-refractivity contribution in [2.24, 2.45) is 0 Å². The number of carboxylic acid groups (broad SMARTS) is 1. The van der Waals surface area contributed by atoms with Gasteiger partial charge in [-0.2, -0.15) is 0 Å². The first kappa shape index (κ1) is 22.8. The average Bonchev–Trinajstić information content (AvgIpc) is 2.77. The van der Waals surface area contributed by atoms with E-state index in [4.69, 9.17) is 26.2 Å². The molecular weight excluding hydrogens is 432 g/mol. The summed E-state index contributed by atoms with van der Waals surface area (Å²) < 4.78 is 10.7. The zero-order valence-corrected chi connectivity index (χ0v) is 18.7. The highest BCUT2D eigenvalue weighted by molar-refractivity contribution is 7.99. The van der Waals surface area contributed by atoms with Crippen molar-refractivity contribution in [3.05, 3.63) is 95.0 Å². The predicted octanol–water partition coefficient (Wildman–Crippen LogP) is 6.43. The van der Waals surface area contributed by atoms with E-state index in [1.165, 1.54) is 0 Å². The summed E-state index contributed by atoms with van der Waals surface area (Å²) in [6, 6.07) is 23.7. The van der Waals surface area contributed by atoms with Crippen LogP contribution in [0.2, 0.25) is 5.02 Å². The lowest BCUT2D eigenvalue weighted by Gasteiger charge is -2.11. The lowest BCUT2D eigenvalue weighted by Crippen LogP contribution is -2.09. The van der Waals surface area contributed by atoms with Gasteiger partial charge in [-0.05, 0) is 54.0 Å². The summed E-state index contributed by atoms with van der Waals surface area (Å²) in [5.74, 6) is 0.918. The molecule has 160 valence electrons. The molecule has 31 heavy (non-hydrogen) atoms. The Morgan fingerprint density at radius 2 is 1.71 bits per heavy atom. The maximum absolute atomic E-state index is 10.7. The molecule has 0 bridgehead atoms. The highest BCUT2D eigenvalue weighted by Gasteiger charge is 2.08. The average molecular weight is 455 g/mol. The van der Waals surface area contributed by atoms with Gasteiger partial charge in [0.1, 0.15) is 11.5 Å². The van der Waals surface area contributed by atoms with Crippen LogP contribution in [0.5, 0.6) is 11.5 Å². The number of aliphatic carboxylic acids is 1. The van der Waals surface area contributed by atoms with Crippen molar-refractivity contribution in [1.82, 2.24) is 0 Å². The van der Waals surface area contributed by atoms with E-state index in [1.54, 1.807) is 23.9 Å². The molecule has 3 rings (SSSR count). The molecule has 0 aliphatic rings. The van der Waals surface area contributed by atoms with Crippen LogP contribution >= 0.6 is 23.4 Å². The number of carbonyl (C=O) groups is 1. The van der Waals surface area contributed by atoms with Gasteiger partial charge >= 0.3 is 5.97 Å². The van der Waals surface area contributed by atoms with Crippen molar-refractivity contribution in [2.75, 3.05) is 19.0 Å². The standard InChI is InChI=1S/C25H23ClO4S/c1-2-29-20-10-8-19(9-11-20)22(18-6-4-3-5-7-18)14-15-31-21-12-13-24(23(26)16-21)30-17-25(27)28/h3-14,16H,2,15,17H2,1H3,(H,27,28)/b22-14-. The molecule has 4 nitrogen and oxygen atoms in total. The summed E-state index contributed by atoms with van der Waals surface area (Å²) in [6.07, 6.45) is 2.19. The van der Waals surface area contributed by atoms with Crippen LogP contribution in [0.1, 0.15) is 18.1 Å². The Morgan fingerprint density at radius 1 is 1.00 bits per heavy atom. The van der Waals surface area contributed by atoms with Crippen LogP contribution in [-0.4, -0.2) is 30.0 Å². The van der Waals surface area contributed by atoms with Gasteiger partial charge in [-0.1, -0.05) is 60.1 Å². The molecule has 0 radical (unpaired) electrons. The van der Waals surface area contributed by atoms with Crippen LogP contribution in [0, 0.1) is 0 Å². The van der Waals surface area contributed by atoms with Crippen LogP contribution in [0.15, 0.2) is 83.8 Å². The van der Waals surface area contributed by atoms with E-state index in [1.807, 2.05) is 43.3 Å². The van der Waals surface area contributed by atoms with Gasteiger partial charge < -0.3 is 14.6 Å². The molecule has 0 fully saturated rings. The predicted molar refractivity (Wildman–Crippen MR) is 126 cm³/mol. The van der Waals surface area contributed by atoms with E-state index in [9.17, 15) is 4.79 Å². The number of thioether (sulfide) groups is 1. The molecule has 0 spiro atoms. The number of hydrogen-bond acceptors (Lipinski definition) is 4. The van der Waals surface area contributed by atoms with Crippen molar-refractivity contribution in [2.45, 2.75) is 11.8 Å². The Bertz CT molecular complexity index is 1030. The van der Waals surface area contributed by atoms with Crippen LogP contribution in [0.4, 0.5) is 0 Å². The van der Waals surface area contributed by atoms with Crippen molar-refractivity contribution < 1.29 is 19.4 Å². The minimum Gasteiger partial charge on any atom is -0.494 e. The molecule has 0 saturated carbocycles. The number of carboxylic acids is 1. The fraction of sp³-hybridized carbons (Fsp3) is 0.160. The summed E-state index contributed by atoms with van der Waals surface area (Å²) in [5.41, 5.74) is 3.40. The van der Waals surface area contributed by atoms with Crippen LogP contribution in [0.25, 0.3) is 5.57 Å². The third-order valence-corrected chi connectivity index (χ3v) is 5.57. The Labute approximate surface area is 191 Å². The van der Waals surface area contributed by atoms with Gasteiger partial charge in [0.2, 0.25) is 0 Å². The van der Waals surface area contributed by atoms with Gasteiger partial charge in [0, 0.05) is 10.6 Å². The number of benzene rings is 3. The molecule has 3 aromatic rings.